The number of esters is 1. The van der Waals surface area contributed by atoms with Crippen LogP contribution in [0.1, 0.15) is 15.9 Å². The Labute approximate surface area is 143 Å². The van der Waals surface area contributed by atoms with E-state index in [4.69, 9.17) is 18.9 Å². The first-order chi connectivity index (χ1) is 11.1. The van der Waals surface area contributed by atoms with E-state index >= 15 is 0 Å². The van der Waals surface area contributed by atoms with Crippen LogP contribution in [0, 0.1) is 0 Å². The first-order valence-corrected chi connectivity index (χ1v) is 7.60. The maximum atomic E-state index is 11.5. The second-order valence-electron chi connectivity index (χ2n) is 4.61. The van der Waals surface area contributed by atoms with Crippen LogP contribution in [0.3, 0.4) is 0 Å². The number of benzene rings is 2. The molecule has 0 amide bonds. The summed E-state index contributed by atoms with van der Waals surface area (Å²) in [7, 11) is 4.53. The van der Waals surface area contributed by atoms with E-state index in [2.05, 4.69) is 15.9 Å². The molecule has 0 saturated carbocycles. The van der Waals surface area contributed by atoms with Crippen molar-refractivity contribution >= 4 is 21.9 Å². The molecule has 2 rings (SSSR count). The third kappa shape index (κ3) is 4.16. The average Bonchev–Trinajstić information content (AvgIpc) is 2.59. The molecule has 0 aliphatic heterocycles. The molecule has 0 unspecified atom stereocenters. The molecule has 0 spiro atoms. The maximum Gasteiger partial charge on any atom is 0.337 e. The highest BCUT2D eigenvalue weighted by Crippen LogP contribution is 2.33. The van der Waals surface area contributed by atoms with Crippen LogP contribution in [-0.4, -0.2) is 27.3 Å². The number of methoxy groups -OCH3 is 3. The van der Waals surface area contributed by atoms with Gasteiger partial charge in [-0.2, -0.15) is 0 Å². The summed E-state index contributed by atoms with van der Waals surface area (Å²) < 4.78 is 21.9. The zero-order valence-corrected chi connectivity index (χ0v) is 14.7. The number of carbonyl (C=O) groups is 1. The van der Waals surface area contributed by atoms with E-state index in [-0.39, 0.29) is 6.61 Å². The van der Waals surface area contributed by atoms with E-state index in [1.165, 1.54) is 7.11 Å². The van der Waals surface area contributed by atoms with Gasteiger partial charge in [0.15, 0.2) is 0 Å². The molecule has 5 nitrogen and oxygen atoms in total. The van der Waals surface area contributed by atoms with Crippen molar-refractivity contribution in [1.82, 2.24) is 0 Å². The Balaban J connectivity index is 2.19. The molecule has 0 aliphatic carbocycles. The van der Waals surface area contributed by atoms with Gasteiger partial charge >= 0.3 is 5.97 Å². The normalized spacial score (nSPS) is 10.1. The van der Waals surface area contributed by atoms with Gasteiger partial charge in [-0.05, 0) is 46.3 Å². The summed E-state index contributed by atoms with van der Waals surface area (Å²) in [6.07, 6.45) is 0. The minimum absolute atomic E-state index is 0.275. The largest absolute Gasteiger partial charge is 0.496 e. The zero-order chi connectivity index (χ0) is 16.8. The van der Waals surface area contributed by atoms with Gasteiger partial charge in [0.25, 0.3) is 0 Å². The van der Waals surface area contributed by atoms with Gasteiger partial charge in [-0.25, -0.2) is 4.79 Å². The molecule has 2 aromatic rings. The van der Waals surface area contributed by atoms with Crippen molar-refractivity contribution in [2.75, 3.05) is 21.3 Å². The maximum absolute atomic E-state index is 11.5. The van der Waals surface area contributed by atoms with Gasteiger partial charge in [-0.1, -0.05) is 6.07 Å². The third-order valence-corrected chi connectivity index (χ3v) is 3.82. The molecule has 0 heterocycles. The Kier molecular flexibility index (Phi) is 5.87. The van der Waals surface area contributed by atoms with Crippen molar-refractivity contribution in [3.8, 4) is 17.2 Å². The fourth-order valence-electron chi connectivity index (χ4n) is 2.03. The number of ether oxygens (including phenoxy) is 4. The molecule has 0 radical (unpaired) electrons. The molecule has 23 heavy (non-hydrogen) atoms. The second-order valence-corrected chi connectivity index (χ2v) is 5.46. The molecule has 6 heteroatoms. The summed E-state index contributed by atoms with van der Waals surface area (Å²) in [6, 6.07) is 10.5. The Bertz CT molecular complexity index is 699. The van der Waals surface area contributed by atoms with Gasteiger partial charge in [0, 0.05) is 5.56 Å². The molecule has 0 aromatic heterocycles. The van der Waals surface area contributed by atoms with E-state index in [0.717, 1.165) is 10.0 Å². The van der Waals surface area contributed by atoms with Gasteiger partial charge < -0.3 is 18.9 Å². The van der Waals surface area contributed by atoms with Crippen molar-refractivity contribution in [2.45, 2.75) is 6.61 Å². The highest BCUT2D eigenvalue weighted by atomic mass is 79.9. The molecule has 0 saturated heterocycles. The van der Waals surface area contributed by atoms with E-state index < -0.39 is 5.97 Å². The van der Waals surface area contributed by atoms with Crippen LogP contribution in [0.15, 0.2) is 40.9 Å². The Morgan fingerprint density at radius 2 is 1.78 bits per heavy atom. The predicted molar refractivity (Wildman–Crippen MR) is 89.4 cm³/mol. The summed E-state index contributed by atoms with van der Waals surface area (Å²) in [5.41, 5.74) is 1.27. The number of carbonyl (C=O) groups excluding carboxylic acids is 1. The number of halogens is 1. The minimum atomic E-state index is -0.404. The monoisotopic (exact) mass is 380 g/mol. The van der Waals surface area contributed by atoms with E-state index in [1.54, 1.807) is 38.5 Å². The molecule has 0 atom stereocenters. The lowest BCUT2D eigenvalue weighted by molar-refractivity contribution is 0.0600. The van der Waals surface area contributed by atoms with Crippen LogP contribution >= 0.6 is 15.9 Å². The van der Waals surface area contributed by atoms with Crippen LogP contribution in [0.2, 0.25) is 0 Å². The third-order valence-electron chi connectivity index (χ3n) is 3.20. The molecule has 2 aromatic carbocycles. The molecular formula is C17H17BrO5. The second kappa shape index (κ2) is 7.87. The minimum Gasteiger partial charge on any atom is -0.496 e. The number of hydrogen-bond donors (Lipinski definition) is 0. The molecule has 122 valence electrons. The Hall–Kier alpha value is -2.21. The summed E-state index contributed by atoms with van der Waals surface area (Å²) in [5, 5.41) is 0. The lowest BCUT2D eigenvalue weighted by Gasteiger charge is -2.13. The van der Waals surface area contributed by atoms with Gasteiger partial charge in [-0.3, -0.25) is 0 Å². The molecule has 0 N–H and O–H groups in total. The number of rotatable bonds is 6. The van der Waals surface area contributed by atoms with Gasteiger partial charge in [0.05, 0.1) is 31.4 Å². The van der Waals surface area contributed by atoms with Crippen molar-refractivity contribution in [1.29, 1.82) is 0 Å². The van der Waals surface area contributed by atoms with E-state index in [0.29, 0.717) is 22.8 Å². The Morgan fingerprint density at radius 1 is 1.04 bits per heavy atom. The van der Waals surface area contributed by atoms with Crippen molar-refractivity contribution in [3.63, 3.8) is 0 Å². The first kappa shape index (κ1) is 17.1. The van der Waals surface area contributed by atoms with Crippen LogP contribution in [0.25, 0.3) is 0 Å². The average molecular weight is 381 g/mol. The van der Waals surface area contributed by atoms with Crippen LogP contribution in [0.4, 0.5) is 0 Å². The van der Waals surface area contributed by atoms with Crippen LogP contribution < -0.4 is 14.2 Å². The van der Waals surface area contributed by atoms with Gasteiger partial charge in [0.2, 0.25) is 0 Å². The van der Waals surface area contributed by atoms with Crippen molar-refractivity contribution < 1.29 is 23.7 Å². The fourth-order valence-corrected chi connectivity index (χ4v) is 2.51. The zero-order valence-electron chi connectivity index (χ0n) is 13.1. The highest BCUT2D eigenvalue weighted by molar-refractivity contribution is 9.10. The number of hydrogen-bond acceptors (Lipinski definition) is 5. The topological polar surface area (TPSA) is 54.0 Å². The molecule has 0 fully saturated rings. The molecule has 0 bridgehead atoms. The fraction of sp³-hybridized carbons (Fsp3) is 0.235. The summed E-state index contributed by atoms with van der Waals surface area (Å²) in [6.45, 7) is 0.275. The summed E-state index contributed by atoms with van der Waals surface area (Å²) in [5.74, 6) is 1.53. The summed E-state index contributed by atoms with van der Waals surface area (Å²) in [4.78, 5) is 11.5. The van der Waals surface area contributed by atoms with Gasteiger partial charge in [-0.15, -0.1) is 0 Å². The summed E-state index contributed by atoms with van der Waals surface area (Å²) >= 11 is 3.41. The quantitative estimate of drug-likeness (QED) is 0.712. The van der Waals surface area contributed by atoms with E-state index in [9.17, 15) is 4.79 Å². The van der Waals surface area contributed by atoms with Crippen molar-refractivity contribution in [2.24, 2.45) is 0 Å². The SMILES string of the molecule is COC(=O)c1cccc(OCc2cc(OC)c(Br)cc2OC)c1. The van der Waals surface area contributed by atoms with Gasteiger partial charge in [0.1, 0.15) is 23.9 Å². The smallest absolute Gasteiger partial charge is 0.337 e. The first-order valence-electron chi connectivity index (χ1n) is 6.80. The van der Waals surface area contributed by atoms with Crippen molar-refractivity contribution in [3.05, 3.63) is 52.0 Å². The van der Waals surface area contributed by atoms with Crippen LogP contribution in [0.5, 0.6) is 17.2 Å². The molecule has 0 aliphatic rings. The molecular weight excluding hydrogens is 364 g/mol. The standard InChI is InChI=1S/C17H17BrO5/c1-20-15-9-14(18)16(21-2)8-12(15)10-23-13-6-4-5-11(7-13)17(19)22-3/h4-9H,10H2,1-3H3. The lowest BCUT2D eigenvalue weighted by atomic mass is 10.2. The highest BCUT2D eigenvalue weighted by Gasteiger charge is 2.11. The van der Waals surface area contributed by atoms with Crippen LogP contribution in [-0.2, 0) is 11.3 Å². The predicted octanol–water partition coefficient (Wildman–Crippen LogP) is 3.83. The lowest BCUT2D eigenvalue weighted by Crippen LogP contribution is -2.03. The Morgan fingerprint density at radius 3 is 2.43 bits per heavy atom. The van der Waals surface area contributed by atoms with E-state index in [1.807, 2.05) is 12.1 Å².